The summed E-state index contributed by atoms with van der Waals surface area (Å²) in [7, 11) is 0. The number of hydrogen-bond donors (Lipinski definition) is 3. The van der Waals surface area contributed by atoms with Crippen molar-refractivity contribution in [3.8, 4) is 5.75 Å². The number of nitrogens with one attached hydrogen (secondary N) is 2. The van der Waals surface area contributed by atoms with Crippen LogP contribution in [0.25, 0.3) is 0 Å². The number of phenolic OH excluding ortho intramolecular Hbond substituents is 1. The van der Waals surface area contributed by atoms with Crippen LogP contribution < -0.4 is 10.6 Å². The number of aryl methyl sites for hydroxylation is 1. The van der Waals surface area contributed by atoms with E-state index in [1.54, 1.807) is 62.9 Å². The van der Waals surface area contributed by atoms with Crippen molar-refractivity contribution in [2.24, 2.45) is 0 Å². The fourth-order valence-corrected chi connectivity index (χ4v) is 5.11. The van der Waals surface area contributed by atoms with E-state index in [4.69, 9.17) is 16.3 Å². The zero-order valence-electron chi connectivity index (χ0n) is 25.0. The van der Waals surface area contributed by atoms with Crippen LogP contribution in [0.1, 0.15) is 77.0 Å². The lowest BCUT2D eigenvalue weighted by molar-refractivity contribution is -0.141. The summed E-state index contributed by atoms with van der Waals surface area (Å²) in [6.45, 7) is 9.42. The van der Waals surface area contributed by atoms with Crippen molar-refractivity contribution in [1.29, 1.82) is 0 Å². The number of anilines is 1. The molecule has 8 nitrogen and oxygen atoms in total. The van der Waals surface area contributed by atoms with Crippen molar-refractivity contribution in [1.82, 2.24) is 10.2 Å². The Balaban J connectivity index is 2.58. The summed E-state index contributed by atoms with van der Waals surface area (Å²) in [5.74, 6) is -0.467. The molecule has 0 aliphatic rings. The normalized spacial score (nSPS) is 12.8. The van der Waals surface area contributed by atoms with E-state index in [0.717, 1.165) is 24.8 Å². The molecule has 2 rings (SSSR count). The number of para-hydroxylation sites is 2. The highest BCUT2D eigenvalue weighted by Crippen LogP contribution is 2.33. The molecule has 0 aliphatic heterocycles. The Morgan fingerprint density at radius 1 is 1.07 bits per heavy atom. The molecular weight excluding hydrogens is 562 g/mol. The fourth-order valence-electron chi connectivity index (χ4n) is 4.37. The van der Waals surface area contributed by atoms with Crippen LogP contribution in [0.5, 0.6) is 5.75 Å². The third-order valence-electron chi connectivity index (χ3n) is 6.40. The molecule has 0 saturated carbocycles. The van der Waals surface area contributed by atoms with Gasteiger partial charge in [0.25, 0.3) is 5.91 Å². The van der Waals surface area contributed by atoms with Crippen LogP contribution in [-0.2, 0) is 14.3 Å². The zero-order chi connectivity index (χ0) is 30.6. The summed E-state index contributed by atoms with van der Waals surface area (Å²) in [6.07, 6.45) is 5.02. The van der Waals surface area contributed by atoms with Crippen molar-refractivity contribution < 1.29 is 24.2 Å². The minimum absolute atomic E-state index is 0.115. The second-order valence-electron chi connectivity index (χ2n) is 11.0. The number of amides is 3. The standard InChI is InChI=1S/C31H44ClN3O5S/c1-7-8-9-12-19-35(29(38)24(18-20-41-6)33-30(39)40-31(3,4)5)27(22-15-10-11-17-25(22)36)28(37)34-26-21(2)14-13-16-23(26)32/h10-11,13-17,24,27,36H,7-9,12,18-20H2,1-6H3,(H,33,39)(H,34,37). The van der Waals surface area contributed by atoms with Gasteiger partial charge in [-0.3, -0.25) is 9.59 Å². The SMILES string of the molecule is CCCCCCN(C(=O)C(CCSC)NC(=O)OC(C)(C)C)C(C(=O)Nc1c(C)cccc1Cl)c1ccccc1O. The van der Waals surface area contributed by atoms with Gasteiger partial charge in [0.05, 0.1) is 10.7 Å². The van der Waals surface area contributed by atoms with Gasteiger partial charge in [-0.05, 0) is 70.2 Å². The number of carbonyl (C=O) groups is 3. The number of unbranched alkanes of at least 4 members (excludes halogenated alkanes) is 3. The van der Waals surface area contributed by atoms with E-state index in [9.17, 15) is 19.5 Å². The Labute approximate surface area is 253 Å². The number of thioether (sulfide) groups is 1. The molecule has 2 atom stereocenters. The monoisotopic (exact) mass is 605 g/mol. The topological polar surface area (TPSA) is 108 Å². The molecule has 3 amide bonds. The lowest BCUT2D eigenvalue weighted by Crippen LogP contribution is -2.52. The highest BCUT2D eigenvalue weighted by atomic mass is 35.5. The number of ether oxygens (including phenoxy) is 1. The minimum Gasteiger partial charge on any atom is -0.508 e. The quantitative estimate of drug-likeness (QED) is 0.198. The van der Waals surface area contributed by atoms with E-state index in [1.807, 2.05) is 19.2 Å². The fraction of sp³-hybridized carbons (Fsp3) is 0.516. The van der Waals surface area contributed by atoms with Crippen LogP contribution in [0.15, 0.2) is 42.5 Å². The lowest BCUT2D eigenvalue weighted by Gasteiger charge is -2.35. The first-order chi connectivity index (χ1) is 19.4. The summed E-state index contributed by atoms with van der Waals surface area (Å²) in [5.41, 5.74) is 0.720. The summed E-state index contributed by atoms with van der Waals surface area (Å²) >= 11 is 7.97. The third kappa shape index (κ3) is 10.8. The minimum atomic E-state index is -1.18. The van der Waals surface area contributed by atoms with Gasteiger partial charge in [-0.25, -0.2) is 4.79 Å². The molecule has 0 heterocycles. The van der Waals surface area contributed by atoms with Crippen molar-refractivity contribution in [3.63, 3.8) is 0 Å². The Morgan fingerprint density at radius 2 is 1.78 bits per heavy atom. The number of phenols is 1. The maximum Gasteiger partial charge on any atom is 0.408 e. The Bertz CT molecular complexity index is 1150. The second-order valence-corrected chi connectivity index (χ2v) is 12.3. The largest absolute Gasteiger partial charge is 0.508 e. The molecule has 226 valence electrons. The smallest absolute Gasteiger partial charge is 0.408 e. The van der Waals surface area contributed by atoms with Gasteiger partial charge in [-0.15, -0.1) is 0 Å². The maximum absolute atomic E-state index is 14.3. The van der Waals surface area contributed by atoms with Gasteiger partial charge in [-0.2, -0.15) is 11.8 Å². The summed E-state index contributed by atoms with van der Waals surface area (Å²) in [4.78, 5) is 42.6. The first kappa shape index (κ1) is 34.3. The van der Waals surface area contributed by atoms with Crippen molar-refractivity contribution in [3.05, 3.63) is 58.6 Å². The predicted octanol–water partition coefficient (Wildman–Crippen LogP) is 7.09. The third-order valence-corrected chi connectivity index (χ3v) is 7.36. The molecule has 0 fully saturated rings. The van der Waals surface area contributed by atoms with Crippen LogP contribution in [0.3, 0.4) is 0 Å². The molecule has 0 aliphatic carbocycles. The Morgan fingerprint density at radius 3 is 2.39 bits per heavy atom. The van der Waals surface area contributed by atoms with Gasteiger partial charge in [0.15, 0.2) is 0 Å². The lowest BCUT2D eigenvalue weighted by atomic mass is 10.00. The number of alkyl carbamates (subject to hydrolysis) is 1. The number of aromatic hydroxyl groups is 1. The van der Waals surface area contributed by atoms with E-state index in [1.165, 1.54) is 11.0 Å². The van der Waals surface area contributed by atoms with Gasteiger partial charge in [-0.1, -0.05) is 68.1 Å². The van der Waals surface area contributed by atoms with E-state index in [2.05, 4.69) is 17.6 Å². The van der Waals surface area contributed by atoms with Crippen LogP contribution in [-0.4, -0.2) is 58.1 Å². The van der Waals surface area contributed by atoms with Gasteiger partial charge in [0.1, 0.15) is 23.4 Å². The maximum atomic E-state index is 14.3. The van der Waals surface area contributed by atoms with Crippen molar-refractivity contribution in [2.75, 3.05) is 23.9 Å². The van der Waals surface area contributed by atoms with Crippen LogP contribution in [0, 0.1) is 6.92 Å². The molecule has 0 aromatic heterocycles. The molecule has 2 unspecified atom stereocenters. The highest BCUT2D eigenvalue weighted by molar-refractivity contribution is 7.98. The van der Waals surface area contributed by atoms with Gasteiger partial charge in [0, 0.05) is 12.1 Å². The molecular formula is C31H44ClN3O5S. The average molecular weight is 606 g/mol. The molecule has 0 bridgehead atoms. The summed E-state index contributed by atoms with van der Waals surface area (Å²) < 4.78 is 5.45. The van der Waals surface area contributed by atoms with Gasteiger partial charge in [0.2, 0.25) is 5.91 Å². The number of hydrogen-bond acceptors (Lipinski definition) is 6. The van der Waals surface area contributed by atoms with Gasteiger partial charge < -0.3 is 25.4 Å². The molecule has 0 saturated heterocycles. The number of rotatable bonds is 14. The first-order valence-electron chi connectivity index (χ1n) is 14.0. The van der Waals surface area contributed by atoms with E-state index >= 15 is 0 Å². The van der Waals surface area contributed by atoms with Crippen LogP contribution >= 0.6 is 23.4 Å². The van der Waals surface area contributed by atoms with Crippen LogP contribution in [0.2, 0.25) is 5.02 Å². The van der Waals surface area contributed by atoms with E-state index < -0.39 is 35.6 Å². The molecule has 10 heteroatoms. The molecule has 0 spiro atoms. The number of halogens is 1. The average Bonchev–Trinajstić information content (AvgIpc) is 2.89. The molecule has 41 heavy (non-hydrogen) atoms. The summed E-state index contributed by atoms with van der Waals surface area (Å²) in [5, 5.41) is 16.9. The van der Waals surface area contributed by atoms with Gasteiger partial charge >= 0.3 is 6.09 Å². The number of carbonyl (C=O) groups excluding carboxylic acids is 3. The molecule has 0 radical (unpaired) electrons. The molecule has 3 N–H and O–H groups in total. The highest BCUT2D eigenvalue weighted by Gasteiger charge is 2.37. The summed E-state index contributed by atoms with van der Waals surface area (Å²) in [6, 6.07) is 9.65. The number of benzene rings is 2. The second kappa shape index (κ2) is 16.5. The zero-order valence-corrected chi connectivity index (χ0v) is 26.5. The molecule has 2 aromatic carbocycles. The van der Waals surface area contributed by atoms with E-state index in [0.29, 0.717) is 29.3 Å². The first-order valence-corrected chi connectivity index (χ1v) is 15.8. The Hall–Kier alpha value is -2.91. The van der Waals surface area contributed by atoms with Crippen LogP contribution in [0.4, 0.5) is 10.5 Å². The Kier molecular flexibility index (Phi) is 13.8. The number of nitrogens with zero attached hydrogens (tertiary/aromatic N) is 1. The van der Waals surface area contributed by atoms with Crippen molar-refractivity contribution >= 4 is 47.0 Å². The van der Waals surface area contributed by atoms with E-state index in [-0.39, 0.29) is 17.9 Å². The predicted molar refractivity (Wildman–Crippen MR) is 168 cm³/mol. The van der Waals surface area contributed by atoms with Crippen molar-refractivity contribution in [2.45, 2.75) is 84.4 Å². The molecule has 2 aromatic rings.